The molecule has 1 aliphatic rings. The van der Waals surface area contributed by atoms with Crippen LogP contribution in [0.4, 0.5) is 0 Å². The van der Waals surface area contributed by atoms with E-state index in [1.165, 1.54) is 25.9 Å². The summed E-state index contributed by atoms with van der Waals surface area (Å²) >= 11 is 0. The first-order chi connectivity index (χ1) is 9.13. The van der Waals surface area contributed by atoms with E-state index in [-0.39, 0.29) is 0 Å². The lowest BCUT2D eigenvalue weighted by atomic mass is 10.2. The van der Waals surface area contributed by atoms with Crippen molar-refractivity contribution in [1.82, 2.24) is 15.1 Å². The number of likely N-dealkylation sites (N-methyl/N-ethyl adjacent to an activating group) is 1. The number of aliphatic carboxylic acids is 1. The van der Waals surface area contributed by atoms with Crippen molar-refractivity contribution in [3.05, 3.63) is 0 Å². The molecule has 2 N–H and O–H groups in total. The molecule has 0 aromatic rings. The van der Waals surface area contributed by atoms with Crippen LogP contribution in [0.25, 0.3) is 0 Å². The molecule has 0 amide bonds. The van der Waals surface area contributed by atoms with Crippen LogP contribution in [0.2, 0.25) is 0 Å². The molecule has 1 atom stereocenters. The molecule has 19 heavy (non-hydrogen) atoms. The van der Waals surface area contributed by atoms with E-state index in [0.29, 0.717) is 6.42 Å². The SMILES string of the molecule is CCCNC(CCN(C)CCN1CCCC1)C(=O)O. The van der Waals surface area contributed by atoms with E-state index in [0.717, 1.165) is 32.6 Å². The van der Waals surface area contributed by atoms with E-state index >= 15 is 0 Å². The van der Waals surface area contributed by atoms with Crippen LogP contribution in [0.1, 0.15) is 32.6 Å². The molecule has 1 fully saturated rings. The summed E-state index contributed by atoms with van der Waals surface area (Å²) in [5.74, 6) is -0.735. The van der Waals surface area contributed by atoms with Gasteiger partial charge in [0, 0.05) is 13.1 Å². The quantitative estimate of drug-likeness (QED) is 0.617. The van der Waals surface area contributed by atoms with Crippen molar-refractivity contribution in [2.45, 2.75) is 38.6 Å². The summed E-state index contributed by atoms with van der Waals surface area (Å²) in [4.78, 5) is 15.8. The van der Waals surface area contributed by atoms with Crippen LogP contribution in [0.15, 0.2) is 0 Å². The van der Waals surface area contributed by atoms with E-state index in [2.05, 4.69) is 22.2 Å². The fraction of sp³-hybridized carbons (Fsp3) is 0.929. The van der Waals surface area contributed by atoms with Gasteiger partial charge in [0.15, 0.2) is 0 Å². The molecule has 5 heteroatoms. The van der Waals surface area contributed by atoms with Gasteiger partial charge in [0.05, 0.1) is 0 Å². The molecule has 1 saturated heterocycles. The minimum absolute atomic E-state index is 0.408. The number of nitrogens with zero attached hydrogens (tertiary/aromatic N) is 2. The molecule has 1 rings (SSSR count). The van der Waals surface area contributed by atoms with Gasteiger partial charge in [-0.2, -0.15) is 0 Å². The highest BCUT2D eigenvalue weighted by molar-refractivity contribution is 5.73. The summed E-state index contributed by atoms with van der Waals surface area (Å²) in [6.45, 7) is 8.24. The Morgan fingerprint density at radius 3 is 2.63 bits per heavy atom. The molecule has 0 spiro atoms. The highest BCUT2D eigenvalue weighted by Crippen LogP contribution is 2.06. The van der Waals surface area contributed by atoms with Crippen molar-refractivity contribution in [3.63, 3.8) is 0 Å². The number of carboxylic acids is 1. The Morgan fingerprint density at radius 2 is 2.05 bits per heavy atom. The van der Waals surface area contributed by atoms with Gasteiger partial charge < -0.3 is 20.2 Å². The summed E-state index contributed by atoms with van der Waals surface area (Å²) in [6.07, 6.45) is 4.29. The zero-order valence-corrected chi connectivity index (χ0v) is 12.4. The third kappa shape index (κ3) is 6.89. The Labute approximate surface area is 117 Å². The van der Waals surface area contributed by atoms with E-state index in [1.54, 1.807) is 0 Å². The number of hydrogen-bond donors (Lipinski definition) is 2. The lowest BCUT2D eigenvalue weighted by Gasteiger charge is -2.23. The van der Waals surface area contributed by atoms with E-state index in [4.69, 9.17) is 5.11 Å². The van der Waals surface area contributed by atoms with Crippen LogP contribution in [0, 0.1) is 0 Å². The summed E-state index contributed by atoms with van der Waals surface area (Å²) in [7, 11) is 2.08. The molecule has 112 valence electrons. The fourth-order valence-corrected chi connectivity index (χ4v) is 2.41. The van der Waals surface area contributed by atoms with Crippen LogP contribution < -0.4 is 5.32 Å². The van der Waals surface area contributed by atoms with E-state index in [1.807, 2.05) is 6.92 Å². The van der Waals surface area contributed by atoms with Gasteiger partial charge in [0.2, 0.25) is 0 Å². The van der Waals surface area contributed by atoms with Gasteiger partial charge in [-0.1, -0.05) is 6.92 Å². The van der Waals surface area contributed by atoms with Gasteiger partial charge in [0.1, 0.15) is 6.04 Å². The number of carbonyl (C=O) groups is 1. The summed E-state index contributed by atoms with van der Waals surface area (Å²) in [6, 6.07) is -0.408. The maximum atomic E-state index is 11.1. The summed E-state index contributed by atoms with van der Waals surface area (Å²) in [5.41, 5.74) is 0. The third-order valence-corrected chi connectivity index (χ3v) is 3.73. The molecular weight excluding hydrogens is 242 g/mol. The second-order valence-electron chi connectivity index (χ2n) is 5.49. The molecule has 1 aliphatic heterocycles. The Kier molecular flexibility index (Phi) is 8.02. The van der Waals surface area contributed by atoms with Crippen molar-refractivity contribution in [2.75, 3.05) is 46.3 Å². The first kappa shape index (κ1) is 16.4. The normalized spacial score (nSPS) is 18.1. The molecule has 0 aromatic heterocycles. The van der Waals surface area contributed by atoms with E-state index < -0.39 is 12.0 Å². The van der Waals surface area contributed by atoms with Crippen molar-refractivity contribution < 1.29 is 9.90 Å². The van der Waals surface area contributed by atoms with Crippen LogP contribution in [-0.2, 0) is 4.79 Å². The van der Waals surface area contributed by atoms with Crippen LogP contribution in [0.5, 0.6) is 0 Å². The average Bonchev–Trinajstić information content (AvgIpc) is 2.89. The van der Waals surface area contributed by atoms with Crippen molar-refractivity contribution in [2.24, 2.45) is 0 Å². The third-order valence-electron chi connectivity index (χ3n) is 3.73. The van der Waals surface area contributed by atoms with Crippen molar-refractivity contribution in [3.8, 4) is 0 Å². The molecule has 5 nitrogen and oxygen atoms in total. The second kappa shape index (κ2) is 9.28. The zero-order chi connectivity index (χ0) is 14.1. The molecular formula is C14H29N3O2. The van der Waals surface area contributed by atoms with Crippen molar-refractivity contribution >= 4 is 5.97 Å². The number of nitrogens with one attached hydrogen (secondary N) is 1. The first-order valence-corrected chi connectivity index (χ1v) is 7.50. The highest BCUT2D eigenvalue weighted by Gasteiger charge is 2.17. The monoisotopic (exact) mass is 271 g/mol. The fourth-order valence-electron chi connectivity index (χ4n) is 2.41. The average molecular weight is 271 g/mol. The van der Waals surface area contributed by atoms with Crippen molar-refractivity contribution in [1.29, 1.82) is 0 Å². The molecule has 1 heterocycles. The smallest absolute Gasteiger partial charge is 0.320 e. The zero-order valence-electron chi connectivity index (χ0n) is 12.4. The minimum Gasteiger partial charge on any atom is -0.480 e. The second-order valence-corrected chi connectivity index (χ2v) is 5.49. The Bertz CT molecular complexity index is 255. The maximum absolute atomic E-state index is 11.1. The summed E-state index contributed by atoms with van der Waals surface area (Å²) < 4.78 is 0. The number of hydrogen-bond acceptors (Lipinski definition) is 4. The van der Waals surface area contributed by atoms with Gasteiger partial charge in [-0.25, -0.2) is 0 Å². The highest BCUT2D eigenvalue weighted by atomic mass is 16.4. The number of likely N-dealkylation sites (tertiary alicyclic amines) is 1. The standard InChI is InChI=1S/C14H29N3O2/c1-3-7-15-13(14(18)19)6-10-16(2)11-12-17-8-4-5-9-17/h13,15H,3-12H2,1-2H3,(H,18,19). The van der Waals surface area contributed by atoms with Gasteiger partial charge in [0.25, 0.3) is 0 Å². The molecule has 0 radical (unpaired) electrons. The number of rotatable bonds is 10. The minimum atomic E-state index is -0.735. The van der Waals surface area contributed by atoms with Crippen LogP contribution >= 0.6 is 0 Å². The molecule has 0 aromatic carbocycles. The van der Waals surface area contributed by atoms with Gasteiger partial charge >= 0.3 is 5.97 Å². The topological polar surface area (TPSA) is 55.8 Å². The van der Waals surface area contributed by atoms with Crippen LogP contribution in [-0.4, -0.2) is 73.2 Å². The first-order valence-electron chi connectivity index (χ1n) is 7.50. The van der Waals surface area contributed by atoms with Crippen LogP contribution in [0.3, 0.4) is 0 Å². The molecule has 0 bridgehead atoms. The molecule has 0 saturated carbocycles. The summed E-state index contributed by atoms with van der Waals surface area (Å²) in [5, 5.41) is 12.2. The predicted octanol–water partition coefficient (Wildman–Crippen LogP) is 0.857. The lowest BCUT2D eigenvalue weighted by Crippen LogP contribution is -2.40. The Balaban J connectivity index is 2.15. The van der Waals surface area contributed by atoms with E-state index in [9.17, 15) is 4.79 Å². The van der Waals surface area contributed by atoms with Gasteiger partial charge in [-0.3, -0.25) is 4.79 Å². The predicted molar refractivity (Wildman–Crippen MR) is 77.5 cm³/mol. The lowest BCUT2D eigenvalue weighted by molar-refractivity contribution is -0.139. The largest absolute Gasteiger partial charge is 0.480 e. The maximum Gasteiger partial charge on any atom is 0.320 e. The Hall–Kier alpha value is -0.650. The molecule has 1 unspecified atom stereocenters. The molecule has 0 aliphatic carbocycles. The van der Waals surface area contributed by atoms with Gasteiger partial charge in [-0.05, 0) is 58.9 Å². The van der Waals surface area contributed by atoms with Gasteiger partial charge in [-0.15, -0.1) is 0 Å². The Morgan fingerprint density at radius 1 is 1.37 bits per heavy atom. The number of carboxylic acid groups (broad SMARTS) is 1.